The summed E-state index contributed by atoms with van der Waals surface area (Å²) in [7, 11) is 0. The van der Waals surface area contributed by atoms with Crippen LogP contribution in [0, 0.1) is 0 Å². The Kier molecular flexibility index (Phi) is 4.89. The molecule has 0 saturated heterocycles. The van der Waals surface area contributed by atoms with Crippen molar-refractivity contribution in [2.45, 2.75) is 13.1 Å². The zero-order valence-corrected chi connectivity index (χ0v) is 14.4. The van der Waals surface area contributed by atoms with Gasteiger partial charge in [0.15, 0.2) is 0 Å². The van der Waals surface area contributed by atoms with Crippen molar-refractivity contribution in [2.75, 3.05) is 5.32 Å². The first-order valence-electron chi connectivity index (χ1n) is 7.23. The minimum absolute atomic E-state index is 0.139. The number of rotatable bonds is 5. The second-order valence-electron chi connectivity index (χ2n) is 5.18. The molecule has 0 aliphatic carbocycles. The predicted molar refractivity (Wildman–Crippen MR) is 93.2 cm³/mol. The predicted octanol–water partition coefficient (Wildman–Crippen LogP) is 0.578. The Labute approximate surface area is 149 Å². The molecule has 0 spiro atoms. The fraction of sp³-hybridized carbons (Fsp3) is 0.133. The Balaban J connectivity index is 1.62. The summed E-state index contributed by atoms with van der Waals surface area (Å²) in [4.78, 5) is 40.6. The summed E-state index contributed by atoms with van der Waals surface area (Å²) in [5.41, 5.74) is -0.142. The van der Waals surface area contributed by atoms with Crippen molar-refractivity contribution in [1.82, 2.24) is 24.3 Å². The largest absolute Gasteiger partial charge is 0.328 e. The summed E-state index contributed by atoms with van der Waals surface area (Å²) in [5.74, 6) is -0.338. The molecule has 0 fully saturated rings. The van der Waals surface area contributed by atoms with Crippen molar-refractivity contribution >= 4 is 27.8 Å². The lowest BCUT2D eigenvalue weighted by Crippen LogP contribution is -2.32. The van der Waals surface area contributed by atoms with Crippen LogP contribution in [0.5, 0.6) is 0 Å². The highest BCUT2D eigenvalue weighted by Gasteiger charge is 2.09. The first-order valence-corrected chi connectivity index (χ1v) is 8.02. The lowest BCUT2D eigenvalue weighted by atomic mass is 10.2. The maximum absolute atomic E-state index is 12.0. The highest BCUT2D eigenvalue weighted by Crippen LogP contribution is 2.11. The fourth-order valence-corrected chi connectivity index (χ4v) is 2.36. The van der Waals surface area contributed by atoms with Gasteiger partial charge in [0.2, 0.25) is 11.9 Å². The van der Waals surface area contributed by atoms with Gasteiger partial charge in [-0.2, -0.15) is 0 Å². The number of nitrogens with zero attached hydrogens (tertiary/aromatic N) is 4. The second-order valence-corrected chi connectivity index (χ2v) is 6.09. The maximum Gasteiger partial charge on any atom is 0.328 e. The molecule has 128 valence electrons. The van der Waals surface area contributed by atoms with Gasteiger partial charge in [-0.1, -0.05) is 28.1 Å². The molecule has 0 aliphatic heterocycles. The summed E-state index contributed by atoms with van der Waals surface area (Å²) >= 11 is 3.37. The SMILES string of the molecule is O=C(Cn1ccc(=O)[nH]c1=O)Nc1ncn(Cc2ccc(Br)cc2)n1. The van der Waals surface area contributed by atoms with Crippen LogP contribution in [0.4, 0.5) is 5.95 Å². The molecule has 0 saturated carbocycles. The number of amides is 1. The number of hydrogen-bond donors (Lipinski definition) is 2. The maximum atomic E-state index is 12.0. The van der Waals surface area contributed by atoms with Crippen molar-refractivity contribution in [3.05, 3.63) is 73.7 Å². The number of halogens is 1. The van der Waals surface area contributed by atoms with E-state index in [2.05, 4.69) is 36.3 Å². The zero-order chi connectivity index (χ0) is 17.8. The third-order valence-electron chi connectivity index (χ3n) is 3.26. The smallest absolute Gasteiger partial charge is 0.292 e. The molecule has 0 aliphatic rings. The molecule has 2 heterocycles. The lowest BCUT2D eigenvalue weighted by molar-refractivity contribution is -0.116. The summed E-state index contributed by atoms with van der Waals surface area (Å²) in [5, 5.41) is 6.67. The van der Waals surface area contributed by atoms with E-state index in [1.807, 2.05) is 24.3 Å². The molecule has 0 radical (unpaired) electrons. The summed E-state index contributed by atoms with van der Waals surface area (Å²) in [6.07, 6.45) is 2.75. The molecule has 3 aromatic rings. The molecule has 0 bridgehead atoms. The van der Waals surface area contributed by atoms with Crippen molar-refractivity contribution in [1.29, 1.82) is 0 Å². The van der Waals surface area contributed by atoms with Crippen molar-refractivity contribution in [3.8, 4) is 0 Å². The highest BCUT2D eigenvalue weighted by atomic mass is 79.9. The van der Waals surface area contributed by atoms with E-state index in [0.29, 0.717) is 6.54 Å². The fourth-order valence-electron chi connectivity index (χ4n) is 2.09. The number of aromatic nitrogens is 5. The van der Waals surface area contributed by atoms with Gasteiger partial charge in [-0.25, -0.2) is 14.5 Å². The van der Waals surface area contributed by atoms with Crippen LogP contribution in [0.3, 0.4) is 0 Å². The molecule has 1 amide bonds. The molecule has 2 aromatic heterocycles. The zero-order valence-electron chi connectivity index (χ0n) is 12.8. The average Bonchev–Trinajstić information content (AvgIpc) is 2.99. The first-order chi connectivity index (χ1) is 12.0. The standard InChI is InChI=1S/C15H13BrN6O3/c16-11-3-1-10(2-4-11)7-22-9-17-14(20-22)18-13(24)8-21-6-5-12(23)19-15(21)25/h1-6,9H,7-8H2,(H,18,20,24)(H,19,23,25). The van der Waals surface area contributed by atoms with Gasteiger partial charge in [0.1, 0.15) is 12.9 Å². The van der Waals surface area contributed by atoms with Crippen molar-refractivity contribution < 1.29 is 4.79 Å². The number of aromatic amines is 1. The molecule has 1 aromatic carbocycles. The summed E-state index contributed by atoms with van der Waals surface area (Å²) < 4.78 is 3.65. The molecule has 0 unspecified atom stereocenters. The topological polar surface area (TPSA) is 115 Å². The van der Waals surface area contributed by atoms with E-state index in [0.717, 1.165) is 14.6 Å². The van der Waals surface area contributed by atoms with Gasteiger partial charge in [0.25, 0.3) is 5.56 Å². The summed E-state index contributed by atoms with van der Waals surface area (Å²) in [6.45, 7) is 0.256. The number of hydrogen-bond acceptors (Lipinski definition) is 5. The van der Waals surface area contributed by atoms with Crippen LogP contribution >= 0.6 is 15.9 Å². The van der Waals surface area contributed by atoms with Crippen LogP contribution < -0.4 is 16.6 Å². The van der Waals surface area contributed by atoms with E-state index >= 15 is 0 Å². The number of carbonyl (C=O) groups is 1. The molecular formula is C15H13BrN6O3. The number of carbonyl (C=O) groups excluding carboxylic acids is 1. The van der Waals surface area contributed by atoms with Gasteiger partial charge in [-0.05, 0) is 17.7 Å². The van der Waals surface area contributed by atoms with Gasteiger partial charge in [0.05, 0.1) is 6.54 Å². The van der Waals surface area contributed by atoms with Gasteiger partial charge in [-0.3, -0.25) is 24.5 Å². The Morgan fingerprint density at radius 1 is 1.20 bits per heavy atom. The minimum atomic E-state index is -0.656. The van der Waals surface area contributed by atoms with Gasteiger partial charge in [0, 0.05) is 16.7 Å². The molecular weight excluding hydrogens is 392 g/mol. The molecule has 0 atom stereocenters. The molecule has 9 nitrogen and oxygen atoms in total. The van der Waals surface area contributed by atoms with Crippen LogP contribution in [-0.2, 0) is 17.9 Å². The Bertz CT molecular complexity index is 1000. The van der Waals surface area contributed by atoms with E-state index in [9.17, 15) is 14.4 Å². The first kappa shape index (κ1) is 16.8. The summed E-state index contributed by atoms with van der Waals surface area (Å²) in [6, 6.07) is 8.92. The number of anilines is 1. The molecule has 3 rings (SSSR count). The third kappa shape index (κ3) is 4.51. The van der Waals surface area contributed by atoms with Crippen LogP contribution in [0.15, 0.2) is 56.9 Å². The Morgan fingerprint density at radius 3 is 2.68 bits per heavy atom. The van der Waals surface area contributed by atoms with Gasteiger partial charge in [-0.15, -0.1) is 5.10 Å². The monoisotopic (exact) mass is 404 g/mol. The van der Waals surface area contributed by atoms with Gasteiger partial charge < -0.3 is 0 Å². The average molecular weight is 405 g/mol. The van der Waals surface area contributed by atoms with E-state index in [1.165, 1.54) is 18.6 Å². The minimum Gasteiger partial charge on any atom is -0.292 e. The van der Waals surface area contributed by atoms with Gasteiger partial charge >= 0.3 is 5.69 Å². The highest BCUT2D eigenvalue weighted by molar-refractivity contribution is 9.10. The quantitative estimate of drug-likeness (QED) is 0.645. The van der Waals surface area contributed by atoms with E-state index < -0.39 is 17.2 Å². The molecule has 25 heavy (non-hydrogen) atoms. The molecule has 10 heteroatoms. The number of nitrogens with one attached hydrogen (secondary N) is 2. The van der Waals surface area contributed by atoms with Crippen molar-refractivity contribution in [2.24, 2.45) is 0 Å². The Morgan fingerprint density at radius 2 is 1.96 bits per heavy atom. The van der Waals surface area contributed by atoms with Crippen LogP contribution in [0.2, 0.25) is 0 Å². The number of benzene rings is 1. The van der Waals surface area contributed by atoms with Crippen molar-refractivity contribution in [3.63, 3.8) is 0 Å². The molecule has 2 N–H and O–H groups in total. The third-order valence-corrected chi connectivity index (χ3v) is 3.78. The normalized spacial score (nSPS) is 10.6. The van der Waals surface area contributed by atoms with E-state index in [4.69, 9.17) is 0 Å². The van der Waals surface area contributed by atoms with Crippen LogP contribution in [0.25, 0.3) is 0 Å². The Hall–Kier alpha value is -3.01. The lowest BCUT2D eigenvalue weighted by Gasteiger charge is -2.04. The number of H-pyrrole nitrogens is 1. The van der Waals surface area contributed by atoms with E-state index in [1.54, 1.807) is 4.68 Å². The van der Waals surface area contributed by atoms with Crippen LogP contribution in [-0.4, -0.2) is 30.2 Å². The van der Waals surface area contributed by atoms with E-state index in [-0.39, 0.29) is 12.5 Å². The van der Waals surface area contributed by atoms with Crippen LogP contribution in [0.1, 0.15) is 5.56 Å². The second kappa shape index (κ2) is 7.26.